The fourth-order valence-corrected chi connectivity index (χ4v) is 6.61. The molecule has 0 saturated heterocycles. The number of nitrogens with zero attached hydrogens (tertiary/aromatic N) is 3. The first kappa shape index (κ1) is 20.8. The molecule has 1 amide bonds. The average Bonchev–Trinajstić information content (AvgIpc) is 3.33. The molecule has 0 unspecified atom stereocenters. The molecule has 0 aromatic carbocycles. The molecule has 3 aromatic rings. The van der Waals surface area contributed by atoms with Crippen molar-refractivity contribution in [3.63, 3.8) is 0 Å². The number of thiophene rings is 2. The summed E-state index contributed by atoms with van der Waals surface area (Å²) in [6.45, 7) is -0.395. The number of nitriles is 1. The molecule has 1 N–H and O–H groups in total. The van der Waals surface area contributed by atoms with Gasteiger partial charge < -0.3 is 15.0 Å². The summed E-state index contributed by atoms with van der Waals surface area (Å²) < 4.78 is 6.10. The summed E-state index contributed by atoms with van der Waals surface area (Å²) in [7, 11) is 3.83. The molecule has 0 aliphatic heterocycles. The molecule has 10 heteroatoms. The Labute approximate surface area is 185 Å². The maximum absolute atomic E-state index is 12.3. The third kappa shape index (κ3) is 4.19. The van der Waals surface area contributed by atoms with Gasteiger partial charge in [-0.25, -0.2) is 9.78 Å². The Kier molecular flexibility index (Phi) is 6.04. The number of carbonyl (C=O) groups is 2. The van der Waals surface area contributed by atoms with Gasteiger partial charge >= 0.3 is 5.97 Å². The largest absolute Gasteiger partial charge is 0.451 e. The van der Waals surface area contributed by atoms with Crippen LogP contribution in [0, 0.1) is 11.3 Å². The molecular formula is C20H20N4O3S3. The van der Waals surface area contributed by atoms with Crippen LogP contribution in [0.2, 0.25) is 0 Å². The highest BCUT2D eigenvalue weighted by Crippen LogP contribution is 2.37. The summed E-state index contributed by atoms with van der Waals surface area (Å²) in [6, 6.07) is 3.98. The third-order valence-corrected chi connectivity index (χ3v) is 8.30. The zero-order valence-corrected chi connectivity index (χ0v) is 19.1. The van der Waals surface area contributed by atoms with Crippen LogP contribution in [-0.2, 0) is 22.4 Å². The van der Waals surface area contributed by atoms with Crippen molar-refractivity contribution >= 4 is 65.5 Å². The van der Waals surface area contributed by atoms with Gasteiger partial charge in [0, 0.05) is 19.0 Å². The highest BCUT2D eigenvalue weighted by atomic mass is 32.1. The molecule has 7 nitrogen and oxygen atoms in total. The van der Waals surface area contributed by atoms with E-state index in [1.807, 2.05) is 19.0 Å². The van der Waals surface area contributed by atoms with Crippen molar-refractivity contribution in [3.05, 3.63) is 26.9 Å². The molecule has 156 valence electrons. The van der Waals surface area contributed by atoms with Crippen molar-refractivity contribution in [1.82, 2.24) is 4.98 Å². The van der Waals surface area contributed by atoms with Crippen molar-refractivity contribution in [2.24, 2.45) is 0 Å². The zero-order chi connectivity index (χ0) is 21.3. The van der Waals surface area contributed by atoms with Gasteiger partial charge in [0.15, 0.2) is 11.7 Å². The molecule has 1 aliphatic rings. The van der Waals surface area contributed by atoms with Crippen LogP contribution in [0.5, 0.6) is 0 Å². The van der Waals surface area contributed by atoms with Gasteiger partial charge in [0.05, 0.1) is 10.3 Å². The summed E-state index contributed by atoms with van der Waals surface area (Å²) in [4.78, 5) is 33.4. The second-order valence-electron chi connectivity index (χ2n) is 7.18. The predicted molar refractivity (Wildman–Crippen MR) is 121 cm³/mol. The summed E-state index contributed by atoms with van der Waals surface area (Å²) >= 11 is 4.21. The van der Waals surface area contributed by atoms with Crippen molar-refractivity contribution in [2.45, 2.75) is 32.1 Å². The van der Waals surface area contributed by atoms with Crippen molar-refractivity contribution in [3.8, 4) is 6.07 Å². The summed E-state index contributed by atoms with van der Waals surface area (Å²) in [5.74, 6) is -0.989. The molecule has 30 heavy (non-hydrogen) atoms. The number of aryl methyl sites for hydroxylation is 1. The number of fused-ring (bicyclic) bond motifs is 2. The Morgan fingerprint density at radius 1 is 1.23 bits per heavy atom. The Bertz CT molecular complexity index is 1120. The van der Waals surface area contributed by atoms with Crippen molar-refractivity contribution in [2.75, 3.05) is 30.9 Å². The van der Waals surface area contributed by atoms with Gasteiger partial charge in [0.25, 0.3) is 5.91 Å². The Balaban J connectivity index is 1.38. The van der Waals surface area contributed by atoms with E-state index < -0.39 is 18.5 Å². The number of hydrogen-bond donors (Lipinski definition) is 1. The molecular weight excluding hydrogens is 440 g/mol. The molecule has 0 spiro atoms. The van der Waals surface area contributed by atoms with Crippen molar-refractivity contribution < 1.29 is 14.3 Å². The Hall–Kier alpha value is -2.48. The predicted octanol–water partition coefficient (Wildman–Crippen LogP) is 4.42. The minimum Gasteiger partial charge on any atom is -0.451 e. The lowest BCUT2D eigenvalue weighted by molar-refractivity contribution is -0.119. The number of rotatable bonds is 5. The van der Waals surface area contributed by atoms with E-state index in [9.17, 15) is 14.9 Å². The van der Waals surface area contributed by atoms with Crippen molar-refractivity contribution in [1.29, 1.82) is 5.26 Å². The quantitative estimate of drug-likeness (QED) is 0.447. The standard InChI is InChI=1S/C20H20N4O3S3/c1-24(2)20-23-18-14(30-20)8-15(29-18)19(26)27-10-16(25)22-17-12(9-21)11-6-4-3-5-7-13(11)28-17/h8H,3-7,10H2,1-2H3,(H,22,25). The molecule has 0 radical (unpaired) electrons. The van der Waals surface area contributed by atoms with Gasteiger partial charge in [-0.2, -0.15) is 5.26 Å². The Morgan fingerprint density at radius 2 is 2.03 bits per heavy atom. The zero-order valence-electron chi connectivity index (χ0n) is 16.6. The summed E-state index contributed by atoms with van der Waals surface area (Å²) in [5, 5.41) is 13.7. The van der Waals surface area contributed by atoms with E-state index in [1.54, 1.807) is 6.07 Å². The lowest BCUT2D eigenvalue weighted by Crippen LogP contribution is -2.20. The minimum absolute atomic E-state index is 0.395. The van der Waals surface area contributed by atoms with Gasteiger partial charge in [0.2, 0.25) is 0 Å². The molecule has 0 saturated carbocycles. The van der Waals surface area contributed by atoms with Gasteiger partial charge in [-0.1, -0.05) is 17.8 Å². The second-order valence-corrected chi connectivity index (χ2v) is 10.3. The minimum atomic E-state index is -0.547. The maximum atomic E-state index is 12.3. The van der Waals surface area contributed by atoms with Crippen LogP contribution < -0.4 is 10.2 Å². The molecule has 1 aliphatic carbocycles. The van der Waals surface area contributed by atoms with E-state index in [1.165, 1.54) is 38.9 Å². The van der Waals surface area contributed by atoms with Crippen LogP contribution in [-0.4, -0.2) is 37.6 Å². The molecule has 0 atom stereocenters. The highest BCUT2D eigenvalue weighted by Gasteiger charge is 2.22. The van der Waals surface area contributed by atoms with Gasteiger partial charge in [0.1, 0.15) is 20.8 Å². The average molecular weight is 461 g/mol. The molecule has 0 bridgehead atoms. The second kappa shape index (κ2) is 8.71. The van der Waals surface area contributed by atoms with E-state index in [2.05, 4.69) is 16.4 Å². The van der Waals surface area contributed by atoms with Crippen LogP contribution in [0.1, 0.15) is 44.9 Å². The van der Waals surface area contributed by atoms with Crippen LogP contribution in [0.25, 0.3) is 9.53 Å². The van der Waals surface area contributed by atoms with Gasteiger partial charge in [-0.3, -0.25) is 4.79 Å². The number of amides is 1. The maximum Gasteiger partial charge on any atom is 0.348 e. The number of aromatic nitrogens is 1. The van der Waals surface area contributed by atoms with Crippen LogP contribution in [0.15, 0.2) is 6.07 Å². The molecule has 3 aromatic heterocycles. The first-order chi connectivity index (χ1) is 14.5. The summed E-state index contributed by atoms with van der Waals surface area (Å²) in [6.07, 6.45) is 5.15. The number of ether oxygens (including phenoxy) is 1. The molecule has 4 rings (SSSR count). The summed E-state index contributed by atoms with van der Waals surface area (Å²) in [5.41, 5.74) is 1.62. The normalized spacial score (nSPS) is 13.4. The van der Waals surface area contributed by atoms with E-state index in [0.29, 0.717) is 15.4 Å². The first-order valence-corrected chi connectivity index (χ1v) is 12.0. The third-order valence-electron chi connectivity index (χ3n) is 4.78. The van der Waals surface area contributed by atoms with Gasteiger partial charge in [-0.15, -0.1) is 22.7 Å². The van der Waals surface area contributed by atoms with E-state index in [0.717, 1.165) is 52.3 Å². The fourth-order valence-electron chi connectivity index (χ4n) is 3.33. The topological polar surface area (TPSA) is 95.3 Å². The van der Waals surface area contributed by atoms with Crippen LogP contribution >= 0.6 is 34.0 Å². The van der Waals surface area contributed by atoms with E-state index in [4.69, 9.17) is 4.74 Å². The Morgan fingerprint density at radius 3 is 2.77 bits per heavy atom. The lowest BCUT2D eigenvalue weighted by atomic mass is 10.1. The number of esters is 1. The monoisotopic (exact) mass is 460 g/mol. The molecule has 3 heterocycles. The van der Waals surface area contributed by atoms with Crippen LogP contribution in [0.4, 0.5) is 10.1 Å². The fraction of sp³-hybridized carbons (Fsp3) is 0.400. The number of hydrogen-bond acceptors (Lipinski definition) is 9. The number of anilines is 2. The van der Waals surface area contributed by atoms with E-state index in [-0.39, 0.29) is 0 Å². The SMILES string of the molecule is CN(C)c1nc2sc(C(=O)OCC(=O)Nc3sc4c(c3C#N)CCCCC4)cc2s1. The van der Waals surface area contributed by atoms with Crippen LogP contribution in [0.3, 0.4) is 0 Å². The van der Waals surface area contributed by atoms with E-state index >= 15 is 0 Å². The highest BCUT2D eigenvalue weighted by molar-refractivity contribution is 7.29. The molecule has 0 fully saturated rings. The number of thiazole rings is 1. The smallest absolute Gasteiger partial charge is 0.348 e. The number of nitrogens with one attached hydrogen (secondary N) is 1. The first-order valence-electron chi connectivity index (χ1n) is 9.55. The van der Waals surface area contributed by atoms with Gasteiger partial charge in [-0.05, 0) is 37.3 Å². The lowest BCUT2D eigenvalue weighted by Gasteiger charge is -2.05. The number of carbonyl (C=O) groups excluding carboxylic acids is 2.